The Kier molecular flexibility index (Phi) is 4.69. The highest BCUT2D eigenvalue weighted by molar-refractivity contribution is 9.10. The molecule has 5 nitrogen and oxygen atoms in total. The maximum Gasteiger partial charge on any atom is 0.350 e. The molecule has 21 heavy (non-hydrogen) atoms. The molecule has 0 bridgehead atoms. The largest absolute Gasteiger partial charge is 0.465 e. The smallest absolute Gasteiger partial charge is 0.350 e. The van der Waals surface area contributed by atoms with Gasteiger partial charge in [0.2, 0.25) is 0 Å². The summed E-state index contributed by atoms with van der Waals surface area (Å²) in [4.78, 5) is 27.8. The van der Waals surface area contributed by atoms with Crippen LogP contribution < -0.4 is 5.32 Å². The molecule has 0 unspecified atom stereocenters. The van der Waals surface area contributed by atoms with Crippen LogP contribution in [0.2, 0.25) is 0 Å². The molecule has 0 atom stereocenters. The topological polar surface area (TPSA) is 68.3 Å². The van der Waals surface area contributed by atoms with E-state index in [1.165, 1.54) is 25.3 Å². The van der Waals surface area contributed by atoms with Gasteiger partial charge in [-0.2, -0.15) is 0 Å². The van der Waals surface area contributed by atoms with E-state index < -0.39 is 17.7 Å². The standard InChI is InChI=1S/C13H10BrFN2O3S/c1-6-10(12(19)20-2)21-13(16-6)17-11(18)8-5-7(14)3-4-9(8)15/h3-5H,1-2H3,(H,16,17,18). The summed E-state index contributed by atoms with van der Waals surface area (Å²) < 4.78 is 18.8. The predicted molar refractivity (Wildman–Crippen MR) is 80.2 cm³/mol. The minimum Gasteiger partial charge on any atom is -0.465 e. The lowest BCUT2D eigenvalue weighted by atomic mass is 10.2. The molecule has 2 rings (SSSR count). The average Bonchev–Trinajstić information content (AvgIpc) is 2.81. The summed E-state index contributed by atoms with van der Waals surface area (Å²) in [6, 6.07) is 4.05. The number of hydrogen-bond donors (Lipinski definition) is 1. The van der Waals surface area contributed by atoms with Gasteiger partial charge < -0.3 is 4.74 Å². The molecule has 8 heteroatoms. The molecule has 110 valence electrons. The molecule has 0 radical (unpaired) electrons. The van der Waals surface area contributed by atoms with Gasteiger partial charge in [0.1, 0.15) is 10.7 Å². The number of benzene rings is 1. The molecule has 1 aromatic heterocycles. The van der Waals surface area contributed by atoms with Crippen molar-refractivity contribution in [3.05, 3.63) is 44.6 Å². The van der Waals surface area contributed by atoms with Gasteiger partial charge in [-0.1, -0.05) is 27.3 Å². The first-order valence-corrected chi connectivity index (χ1v) is 7.35. The second-order valence-corrected chi connectivity index (χ2v) is 5.92. The molecular formula is C13H10BrFN2O3S. The van der Waals surface area contributed by atoms with E-state index in [1.807, 2.05) is 0 Å². The zero-order chi connectivity index (χ0) is 15.6. The van der Waals surface area contributed by atoms with Gasteiger partial charge in [-0.05, 0) is 25.1 Å². The molecule has 0 aliphatic heterocycles. The van der Waals surface area contributed by atoms with Gasteiger partial charge in [0.25, 0.3) is 5.91 Å². The van der Waals surface area contributed by atoms with Crippen molar-refractivity contribution in [2.24, 2.45) is 0 Å². The van der Waals surface area contributed by atoms with Crippen LogP contribution in [0.5, 0.6) is 0 Å². The number of aromatic nitrogens is 1. The van der Waals surface area contributed by atoms with Gasteiger partial charge in [-0.3, -0.25) is 10.1 Å². The van der Waals surface area contributed by atoms with Crippen molar-refractivity contribution in [3.8, 4) is 0 Å². The normalized spacial score (nSPS) is 10.3. The van der Waals surface area contributed by atoms with Crippen molar-refractivity contribution in [3.63, 3.8) is 0 Å². The van der Waals surface area contributed by atoms with Crippen LogP contribution in [0.1, 0.15) is 25.7 Å². The van der Waals surface area contributed by atoms with Crippen LogP contribution in [0.15, 0.2) is 22.7 Å². The molecule has 2 aromatic rings. The zero-order valence-electron chi connectivity index (χ0n) is 11.1. The highest BCUT2D eigenvalue weighted by Crippen LogP contribution is 2.24. The lowest BCUT2D eigenvalue weighted by Gasteiger charge is -2.03. The molecule has 0 aliphatic rings. The van der Waals surface area contributed by atoms with E-state index in [0.29, 0.717) is 15.0 Å². The summed E-state index contributed by atoms with van der Waals surface area (Å²) in [5.41, 5.74) is 0.328. The van der Waals surface area contributed by atoms with Crippen LogP contribution >= 0.6 is 27.3 Å². The Morgan fingerprint density at radius 2 is 2.14 bits per heavy atom. The van der Waals surface area contributed by atoms with Crippen molar-refractivity contribution in [2.75, 3.05) is 12.4 Å². The van der Waals surface area contributed by atoms with E-state index in [0.717, 1.165) is 11.3 Å². The van der Waals surface area contributed by atoms with Crippen molar-refractivity contribution >= 4 is 44.3 Å². The number of nitrogens with zero attached hydrogens (tertiary/aromatic N) is 1. The molecule has 1 heterocycles. The van der Waals surface area contributed by atoms with Crippen LogP contribution in [0.4, 0.5) is 9.52 Å². The second-order valence-electron chi connectivity index (χ2n) is 4.00. The van der Waals surface area contributed by atoms with Crippen LogP contribution in [0.25, 0.3) is 0 Å². The second kappa shape index (κ2) is 6.31. The number of anilines is 1. The number of methoxy groups -OCH3 is 1. The molecule has 0 spiro atoms. The predicted octanol–water partition coefficient (Wildman–Crippen LogP) is 3.39. The lowest BCUT2D eigenvalue weighted by Crippen LogP contribution is -2.13. The molecule has 0 aliphatic carbocycles. The average molecular weight is 373 g/mol. The van der Waals surface area contributed by atoms with Gasteiger partial charge in [0, 0.05) is 4.47 Å². The van der Waals surface area contributed by atoms with Gasteiger partial charge in [0.15, 0.2) is 5.13 Å². The Bertz CT molecular complexity index is 717. The monoisotopic (exact) mass is 372 g/mol. The highest BCUT2D eigenvalue weighted by Gasteiger charge is 2.18. The number of halogens is 2. The number of nitrogens with one attached hydrogen (secondary N) is 1. The Morgan fingerprint density at radius 1 is 1.43 bits per heavy atom. The molecular weight excluding hydrogens is 363 g/mol. The zero-order valence-corrected chi connectivity index (χ0v) is 13.5. The van der Waals surface area contributed by atoms with Gasteiger partial charge in [-0.25, -0.2) is 14.2 Å². The van der Waals surface area contributed by atoms with E-state index in [1.54, 1.807) is 6.92 Å². The number of thiazole rings is 1. The number of amides is 1. The third kappa shape index (κ3) is 3.45. The number of aryl methyl sites for hydroxylation is 1. The Labute approximate surface area is 132 Å². The minimum absolute atomic E-state index is 0.114. The van der Waals surface area contributed by atoms with Crippen molar-refractivity contribution in [1.82, 2.24) is 4.98 Å². The van der Waals surface area contributed by atoms with Crippen molar-refractivity contribution < 1.29 is 18.7 Å². The Balaban J connectivity index is 2.24. The fourth-order valence-electron chi connectivity index (χ4n) is 1.57. The van der Waals surface area contributed by atoms with Crippen molar-refractivity contribution in [2.45, 2.75) is 6.92 Å². The quantitative estimate of drug-likeness (QED) is 0.838. The van der Waals surface area contributed by atoms with E-state index in [4.69, 9.17) is 0 Å². The first kappa shape index (κ1) is 15.6. The third-order valence-corrected chi connectivity index (χ3v) is 4.11. The van der Waals surface area contributed by atoms with Crippen LogP contribution in [0, 0.1) is 12.7 Å². The summed E-state index contributed by atoms with van der Waals surface area (Å²) >= 11 is 4.15. The molecule has 1 amide bonds. The van der Waals surface area contributed by atoms with Gasteiger partial charge in [0.05, 0.1) is 18.4 Å². The minimum atomic E-state index is -0.642. The van der Waals surface area contributed by atoms with Crippen molar-refractivity contribution in [1.29, 1.82) is 0 Å². The fraction of sp³-hybridized carbons (Fsp3) is 0.154. The molecule has 0 saturated carbocycles. The van der Waals surface area contributed by atoms with Crippen LogP contribution in [0.3, 0.4) is 0 Å². The van der Waals surface area contributed by atoms with E-state index in [9.17, 15) is 14.0 Å². The first-order chi connectivity index (χ1) is 9.92. The summed E-state index contributed by atoms with van der Waals surface area (Å²) in [7, 11) is 1.26. The van der Waals surface area contributed by atoms with Crippen LogP contribution in [-0.2, 0) is 4.74 Å². The lowest BCUT2D eigenvalue weighted by molar-refractivity contribution is 0.0605. The summed E-state index contributed by atoms with van der Waals surface area (Å²) in [5.74, 6) is -1.81. The highest BCUT2D eigenvalue weighted by atomic mass is 79.9. The number of hydrogen-bond acceptors (Lipinski definition) is 5. The van der Waals surface area contributed by atoms with Gasteiger partial charge >= 0.3 is 5.97 Å². The number of ether oxygens (including phenoxy) is 1. The Morgan fingerprint density at radius 3 is 2.81 bits per heavy atom. The third-order valence-electron chi connectivity index (χ3n) is 2.56. The SMILES string of the molecule is COC(=O)c1sc(NC(=O)c2cc(Br)ccc2F)nc1C. The number of carbonyl (C=O) groups is 2. The summed E-state index contributed by atoms with van der Waals surface area (Å²) in [6.07, 6.45) is 0. The van der Waals surface area contributed by atoms with E-state index in [2.05, 4.69) is 31.0 Å². The maximum absolute atomic E-state index is 13.6. The fourth-order valence-corrected chi connectivity index (χ4v) is 2.81. The molecule has 0 saturated heterocycles. The number of carbonyl (C=O) groups excluding carboxylic acids is 2. The first-order valence-electron chi connectivity index (χ1n) is 5.74. The van der Waals surface area contributed by atoms with Crippen LogP contribution in [-0.4, -0.2) is 24.0 Å². The van der Waals surface area contributed by atoms with Gasteiger partial charge in [-0.15, -0.1) is 0 Å². The summed E-state index contributed by atoms with van der Waals surface area (Å²) in [5, 5.41) is 2.67. The number of rotatable bonds is 3. The Hall–Kier alpha value is -1.80. The maximum atomic E-state index is 13.6. The summed E-state index contributed by atoms with van der Waals surface area (Å²) in [6.45, 7) is 1.62. The molecule has 1 N–H and O–H groups in total. The van der Waals surface area contributed by atoms with E-state index in [-0.39, 0.29) is 10.7 Å². The number of esters is 1. The molecule has 1 aromatic carbocycles. The van der Waals surface area contributed by atoms with E-state index >= 15 is 0 Å². The molecule has 0 fully saturated rings.